The minimum absolute atomic E-state index is 0.277. The van der Waals surface area contributed by atoms with E-state index in [-0.39, 0.29) is 5.75 Å². The number of nitrogens with zero attached hydrogens (tertiary/aromatic N) is 2. The van der Waals surface area contributed by atoms with Gasteiger partial charge in [-0.15, -0.1) is 0 Å². The van der Waals surface area contributed by atoms with E-state index in [1.165, 1.54) is 32.4 Å². The van der Waals surface area contributed by atoms with Crippen LogP contribution in [0.2, 0.25) is 0 Å². The van der Waals surface area contributed by atoms with Crippen LogP contribution in [0.1, 0.15) is 36.1 Å². The van der Waals surface area contributed by atoms with Gasteiger partial charge in [0.05, 0.1) is 30.9 Å². The maximum absolute atomic E-state index is 12.7. The average molecular weight is 431 g/mol. The van der Waals surface area contributed by atoms with E-state index in [0.717, 1.165) is 33.6 Å². The van der Waals surface area contributed by atoms with Gasteiger partial charge in [-0.25, -0.2) is 0 Å². The fraction of sp³-hybridized carbons (Fsp3) is 0.455. The summed E-state index contributed by atoms with van der Waals surface area (Å²) in [5, 5.41) is 3.71. The number of benzene rings is 1. The van der Waals surface area contributed by atoms with E-state index in [4.69, 9.17) is 9.47 Å². The van der Waals surface area contributed by atoms with Crippen molar-refractivity contribution in [3.63, 3.8) is 0 Å². The molecule has 0 saturated carbocycles. The normalized spacial score (nSPS) is 14.7. The van der Waals surface area contributed by atoms with E-state index in [2.05, 4.69) is 20.3 Å². The molecule has 1 aliphatic heterocycles. The SMILES string of the molecule is C1CCNCC1.COc1ccc2[nH]c([S+]([O-])Cc3ncc(C)c(OC)c3C)nc2c1. The number of aromatic nitrogens is 3. The molecule has 1 aliphatic rings. The Balaban J connectivity index is 0.000000367. The van der Waals surface area contributed by atoms with Gasteiger partial charge in [0.25, 0.3) is 0 Å². The van der Waals surface area contributed by atoms with Gasteiger partial charge >= 0.3 is 5.16 Å². The van der Waals surface area contributed by atoms with Gasteiger partial charge in [0, 0.05) is 34.6 Å². The molecule has 1 unspecified atom stereocenters. The van der Waals surface area contributed by atoms with Crippen LogP contribution in [0.25, 0.3) is 11.0 Å². The van der Waals surface area contributed by atoms with Crippen LogP contribution in [0.4, 0.5) is 0 Å². The molecule has 3 heterocycles. The lowest BCUT2D eigenvalue weighted by atomic mass is 10.1. The van der Waals surface area contributed by atoms with Gasteiger partial charge in [-0.3, -0.25) is 9.97 Å². The molecule has 0 aliphatic carbocycles. The first kappa shape index (κ1) is 22.4. The molecule has 1 saturated heterocycles. The third-order valence-corrected chi connectivity index (χ3v) is 6.27. The fourth-order valence-electron chi connectivity index (χ4n) is 3.41. The van der Waals surface area contributed by atoms with Crippen LogP contribution >= 0.6 is 0 Å². The van der Waals surface area contributed by atoms with Crippen LogP contribution in [0.5, 0.6) is 11.5 Å². The van der Waals surface area contributed by atoms with Crippen LogP contribution in [0, 0.1) is 13.8 Å². The third kappa shape index (κ3) is 5.44. The Morgan fingerprint density at radius 3 is 2.47 bits per heavy atom. The van der Waals surface area contributed by atoms with Crippen LogP contribution in [-0.2, 0) is 16.9 Å². The minimum atomic E-state index is -1.33. The van der Waals surface area contributed by atoms with Crippen LogP contribution in [0.15, 0.2) is 29.6 Å². The predicted molar refractivity (Wildman–Crippen MR) is 120 cm³/mol. The second kappa shape index (κ2) is 10.7. The van der Waals surface area contributed by atoms with Crippen molar-refractivity contribution in [1.82, 2.24) is 20.3 Å². The highest BCUT2D eigenvalue weighted by Crippen LogP contribution is 2.27. The quantitative estimate of drug-likeness (QED) is 0.600. The molecule has 1 atom stereocenters. The molecule has 0 amide bonds. The molecule has 0 bridgehead atoms. The highest BCUT2D eigenvalue weighted by Gasteiger charge is 2.21. The number of pyridine rings is 1. The van der Waals surface area contributed by atoms with Gasteiger partial charge in [-0.05, 0) is 51.9 Å². The van der Waals surface area contributed by atoms with Gasteiger partial charge in [-0.2, -0.15) is 4.98 Å². The molecule has 8 heteroatoms. The lowest BCUT2D eigenvalue weighted by molar-refractivity contribution is 0.407. The lowest BCUT2D eigenvalue weighted by Gasteiger charge is -2.13. The third-order valence-electron chi connectivity index (χ3n) is 5.11. The zero-order chi connectivity index (χ0) is 21.5. The molecular formula is C22H30N4O3S. The number of hydrogen-bond acceptors (Lipinski definition) is 6. The summed E-state index contributed by atoms with van der Waals surface area (Å²) < 4.78 is 23.3. The van der Waals surface area contributed by atoms with E-state index in [9.17, 15) is 4.55 Å². The summed E-state index contributed by atoms with van der Waals surface area (Å²) in [7, 11) is 3.23. The number of piperidine rings is 1. The number of H-pyrrole nitrogens is 1. The number of hydrogen-bond donors (Lipinski definition) is 2. The monoisotopic (exact) mass is 430 g/mol. The Bertz CT molecular complexity index is 961. The standard InChI is InChI=1S/C17H19N3O3S.C5H11N/c1-10-8-18-15(11(2)16(10)23-4)9-24(21)17-19-13-6-5-12(22-3)7-14(13)20-17;1-2-4-6-5-3-1/h5-8H,9H2,1-4H3,(H,19,20);6H,1-5H2. The highest BCUT2D eigenvalue weighted by molar-refractivity contribution is 7.90. The summed E-state index contributed by atoms with van der Waals surface area (Å²) in [6.45, 7) is 6.36. The van der Waals surface area contributed by atoms with E-state index in [1.54, 1.807) is 20.4 Å². The van der Waals surface area contributed by atoms with Crippen molar-refractivity contribution >= 4 is 22.2 Å². The van der Waals surface area contributed by atoms with E-state index >= 15 is 0 Å². The van der Waals surface area contributed by atoms with E-state index in [1.807, 2.05) is 32.0 Å². The maximum atomic E-state index is 12.7. The van der Waals surface area contributed by atoms with Gasteiger partial charge < -0.3 is 19.3 Å². The van der Waals surface area contributed by atoms with Gasteiger partial charge in [0.1, 0.15) is 11.5 Å². The zero-order valence-electron chi connectivity index (χ0n) is 18.1. The molecule has 2 aromatic heterocycles. The number of aryl methyl sites for hydroxylation is 1. The molecule has 1 aromatic carbocycles. The second-order valence-electron chi connectivity index (χ2n) is 7.27. The lowest BCUT2D eigenvalue weighted by Crippen LogP contribution is -2.21. The molecule has 1 fully saturated rings. The zero-order valence-corrected chi connectivity index (χ0v) is 18.9. The Morgan fingerprint density at radius 2 is 1.87 bits per heavy atom. The summed E-state index contributed by atoms with van der Waals surface area (Å²) in [6, 6.07) is 5.51. The first-order chi connectivity index (χ1) is 14.5. The second-order valence-corrected chi connectivity index (χ2v) is 8.64. The van der Waals surface area contributed by atoms with Crippen molar-refractivity contribution in [2.45, 2.75) is 44.0 Å². The number of rotatable bonds is 5. The van der Waals surface area contributed by atoms with Crippen molar-refractivity contribution in [3.8, 4) is 11.5 Å². The van der Waals surface area contributed by atoms with Crippen LogP contribution in [0.3, 0.4) is 0 Å². The van der Waals surface area contributed by atoms with Gasteiger partial charge in [0.2, 0.25) is 0 Å². The first-order valence-corrected chi connectivity index (χ1v) is 11.5. The predicted octanol–water partition coefficient (Wildman–Crippen LogP) is 3.66. The number of nitrogens with one attached hydrogen (secondary N) is 2. The Kier molecular flexibility index (Phi) is 7.95. The molecule has 4 rings (SSSR count). The van der Waals surface area contributed by atoms with Crippen LogP contribution < -0.4 is 14.8 Å². The minimum Gasteiger partial charge on any atom is -0.609 e. The molecule has 7 nitrogen and oxygen atoms in total. The van der Waals surface area contributed by atoms with Crippen molar-refractivity contribution in [3.05, 3.63) is 41.2 Å². The largest absolute Gasteiger partial charge is 0.609 e. The molecule has 30 heavy (non-hydrogen) atoms. The van der Waals surface area contributed by atoms with E-state index < -0.39 is 11.2 Å². The Morgan fingerprint density at radius 1 is 1.10 bits per heavy atom. The number of aromatic amines is 1. The smallest absolute Gasteiger partial charge is 0.322 e. The summed E-state index contributed by atoms with van der Waals surface area (Å²) in [6.07, 6.45) is 5.95. The average Bonchev–Trinajstić information content (AvgIpc) is 3.21. The molecule has 162 valence electrons. The number of ether oxygens (including phenoxy) is 2. The van der Waals surface area contributed by atoms with Gasteiger partial charge in [0.15, 0.2) is 5.75 Å². The molecule has 0 radical (unpaired) electrons. The van der Waals surface area contributed by atoms with Crippen LogP contribution in [-0.4, -0.2) is 46.8 Å². The van der Waals surface area contributed by atoms with Crippen molar-refractivity contribution in [2.24, 2.45) is 0 Å². The molecular weight excluding hydrogens is 400 g/mol. The fourth-order valence-corrected chi connectivity index (χ4v) is 4.51. The molecule has 2 N–H and O–H groups in total. The summed E-state index contributed by atoms with van der Waals surface area (Å²) >= 11 is -1.33. The Hall–Kier alpha value is -2.29. The van der Waals surface area contributed by atoms with E-state index in [0.29, 0.717) is 10.9 Å². The first-order valence-electron chi connectivity index (χ1n) is 10.2. The van der Waals surface area contributed by atoms with Crippen molar-refractivity contribution < 1.29 is 14.0 Å². The topological polar surface area (TPSA) is 95.1 Å². The summed E-state index contributed by atoms with van der Waals surface area (Å²) in [5.74, 6) is 1.78. The van der Waals surface area contributed by atoms with Gasteiger partial charge in [-0.1, -0.05) is 6.42 Å². The highest BCUT2D eigenvalue weighted by atomic mass is 32.2. The maximum Gasteiger partial charge on any atom is 0.322 e. The Labute approximate surface area is 180 Å². The number of methoxy groups -OCH3 is 2. The molecule has 3 aromatic rings. The van der Waals surface area contributed by atoms with Crippen molar-refractivity contribution in [1.29, 1.82) is 0 Å². The van der Waals surface area contributed by atoms with Crippen molar-refractivity contribution in [2.75, 3.05) is 27.3 Å². The summed E-state index contributed by atoms with van der Waals surface area (Å²) in [4.78, 5) is 11.9. The molecule has 0 spiro atoms. The summed E-state index contributed by atoms with van der Waals surface area (Å²) in [5.41, 5.74) is 4.16. The number of imidazole rings is 1. The number of fused-ring (bicyclic) bond motifs is 1.